The summed E-state index contributed by atoms with van der Waals surface area (Å²) in [4.78, 5) is 38.5. The quantitative estimate of drug-likeness (QED) is 0.323. The topological polar surface area (TPSA) is 78.2 Å². The van der Waals surface area contributed by atoms with Crippen LogP contribution in [0.1, 0.15) is 47.3 Å². The van der Waals surface area contributed by atoms with E-state index >= 15 is 4.39 Å². The molecule has 50 heavy (non-hydrogen) atoms. The zero-order valence-corrected chi connectivity index (χ0v) is 29.0. The molecule has 2 N–H and O–H groups in total. The number of amides is 1. The zero-order valence-electron chi connectivity index (χ0n) is 29.0. The molecular formula is C37H45F4N7O2. The van der Waals surface area contributed by atoms with Crippen LogP contribution in [0.25, 0.3) is 5.57 Å². The van der Waals surface area contributed by atoms with Crippen LogP contribution in [0.4, 0.5) is 34.6 Å². The van der Waals surface area contributed by atoms with Crippen molar-refractivity contribution < 1.29 is 22.4 Å². The van der Waals surface area contributed by atoms with Gasteiger partial charge in [-0.05, 0) is 69.8 Å². The lowest BCUT2D eigenvalue weighted by Gasteiger charge is -2.44. The summed E-state index contributed by atoms with van der Waals surface area (Å²) in [5, 5.41) is 2.65. The molecule has 6 rings (SSSR count). The number of nitrogens with one attached hydrogen (secondary N) is 2. The Kier molecular flexibility index (Phi) is 10.4. The average Bonchev–Trinajstić information content (AvgIpc) is 3.08. The Labute approximate surface area is 290 Å². The van der Waals surface area contributed by atoms with Crippen LogP contribution in [-0.4, -0.2) is 104 Å². The second-order valence-electron chi connectivity index (χ2n) is 13.9. The summed E-state index contributed by atoms with van der Waals surface area (Å²) >= 11 is 0. The van der Waals surface area contributed by atoms with Crippen molar-refractivity contribution in [3.8, 4) is 0 Å². The van der Waals surface area contributed by atoms with Crippen molar-refractivity contribution in [2.24, 2.45) is 0 Å². The summed E-state index contributed by atoms with van der Waals surface area (Å²) in [5.41, 5.74) is 1.04. The van der Waals surface area contributed by atoms with E-state index in [4.69, 9.17) is 0 Å². The Morgan fingerprint density at radius 3 is 2.24 bits per heavy atom. The molecule has 0 bridgehead atoms. The van der Waals surface area contributed by atoms with E-state index in [0.29, 0.717) is 49.9 Å². The number of alkyl halides is 3. The molecule has 1 amide bonds. The fraction of sp³-hybridized carbons (Fsp3) is 0.459. The van der Waals surface area contributed by atoms with Crippen LogP contribution in [0, 0.1) is 5.82 Å². The highest BCUT2D eigenvalue weighted by Gasteiger charge is 2.36. The Morgan fingerprint density at radius 2 is 1.62 bits per heavy atom. The summed E-state index contributed by atoms with van der Waals surface area (Å²) in [5.74, 6) is -1.51. The van der Waals surface area contributed by atoms with Gasteiger partial charge in [0.2, 0.25) is 5.56 Å². The van der Waals surface area contributed by atoms with Crippen molar-refractivity contribution in [1.29, 1.82) is 0 Å². The third kappa shape index (κ3) is 7.90. The van der Waals surface area contributed by atoms with Gasteiger partial charge in [-0.3, -0.25) is 19.4 Å². The van der Waals surface area contributed by atoms with Crippen LogP contribution in [0.2, 0.25) is 0 Å². The van der Waals surface area contributed by atoms with Gasteiger partial charge in [-0.2, -0.15) is 13.2 Å². The first-order chi connectivity index (χ1) is 23.8. The molecule has 1 aromatic heterocycles. The van der Waals surface area contributed by atoms with Gasteiger partial charge < -0.3 is 25.0 Å². The summed E-state index contributed by atoms with van der Waals surface area (Å²) in [6.07, 6.45) is -1.62. The molecule has 0 aliphatic carbocycles. The van der Waals surface area contributed by atoms with E-state index in [1.54, 1.807) is 0 Å². The van der Waals surface area contributed by atoms with Crippen molar-refractivity contribution in [1.82, 2.24) is 19.7 Å². The first-order valence-electron chi connectivity index (χ1n) is 17.1. The van der Waals surface area contributed by atoms with E-state index in [9.17, 15) is 22.8 Å². The van der Waals surface area contributed by atoms with Gasteiger partial charge in [0.1, 0.15) is 5.82 Å². The van der Waals surface area contributed by atoms with E-state index in [1.807, 2.05) is 31.9 Å². The molecule has 4 heterocycles. The van der Waals surface area contributed by atoms with Gasteiger partial charge in [-0.1, -0.05) is 18.2 Å². The maximum atomic E-state index is 16.0. The van der Waals surface area contributed by atoms with Crippen LogP contribution < -0.4 is 20.7 Å². The number of piperazine rings is 2. The molecular weight excluding hydrogens is 650 g/mol. The predicted octanol–water partition coefficient (Wildman–Crippen LogP) is 5.36. The number of likely N-dealkylation sites (N-methyl/N-ethyl adjacent to an activating group) is 2. The Bertz CT molecular complexity index is 1770. The number of carbonyl (C=O) groups is 1. The number of aromatic amines is 1. The molecule has 268 valence electrons. The molecule has 0 radical (unpaired) electrons. The van der Waals surface area contributed by atoms with E-state index in [2.05, 4.69) is 61.2 Å². The lowest BCUT2D eigenvalue weighted by Crippen LogP contribution is -2.55. The maximum absolute atomic E-state index is 16.0. The van der Waals surface area contributed by atoms with Gasteiger partial charge >= 0.3 is 6.18 Å². The van der Waals surface area contributed by atoms with Gasteiger partial charge in [0, 0.05) is 94.5 Å². The van der Waals surface area contributed by atoms with Crippen LogP contribution in [0.15, 0.2) is 59.5 Å². The number of anilines is 3. The third-order valence-corrected chi connectivity index (χ3v) is 10.4. The molecule has 0 spiro atoms. The van der Waals surface area contributed by atoms with Crippen LogP contribution in [-0.2, 0) is 12.7 Å². The van der Waals surface area contributed by atoms with Gasteiger partial charge in [-0.15, -0.1) is 0 Å². The standard InChI is InChI=1S/C37H45F4N7O2/c1-24-21-48(22-25(2)45(24)4)34-19-32(38)29(17-33(34)43-36(50)30-20-42-35(49)18-31(30)37(39,40)41)27-9-11-46(12-10-27)23-26-5-7-28(8-6-26)47-15-13-44(3)14-16-47/h5-9,17-20,24-25H,10-16,21-23H2,1-4H3,(H,42,49)(H,43,50). The molecule has 0 saturated carbocycles. The number of hydrogen-bond donors (Lipinski definition) is 2. The molecule has 2 saturated heterocycles. The van der Waals surface area contributed by atoms with E-state index in [0.717, 1.165) is 44.5 Å². The van der Waals surface area contributed by atoms with Crippen LogP contribution in [0.3, 0.4) is 0 Å². The average molecular weight is 696 g/mol. The van der Waals surface area contributed by atoms with Gasteiger partial charge in [0.05, 0.1) is 22.5 Å². The van der Waals surface area contributed by atoms with Gasteiger partial charge in [0.15, 0.2) is 0 Å². The minimum absolute atomic E-state index is 0.107. The molecule has 2 fully saturated rings. The number of rotatable bonds is 7. The Balaban J connectivity index is 1.24. The number of aromatic nitrogens is 1. The molecule has 13 heteroatoms. The van der Waals surface area contributed by atoms with E-state index < -0.39 is 34.6 Å². The minimum atomic E-state index is -4.93. The van der Waals surface area contributed by atoms with Gasteiger partial charge in [0.25, 0.3) is 5.91 Å². The number of H-pyrrole nitrogens is 1. The molecule has 2 unspecified atom stereocenters. The third-order valence-electron chi connectivity index (χ3n) is 10.4. The second kappa shape index (κ2) is 14.6. The highest BCUT2D eigenvalue weighted by Crippen LogP contribution is 2.37. The summed E-state index contributed by atoms with van der Waals surface area (Å²) < 4.78 is 57.6. The molecule has 9 nitrogen and oxygen atoms in total. The van der Waals surface area contributed by atoms with Crippen molar-refractivity contribution >= 4 is 28.5 Å². The number of halogens is 4. The van der Waals surface area contributed by atoms with Crippen molar-refractivity contribution in [3.63, 3.8) is 0 Å². The lowest BCUT2D eigenvalue weighted by molar-refractivity contribution is -0.138. The number of benzene rings is 2. The summed E-state index contributed by atoms with van der Waals surface area (Å²) in [6.45, 7) is 11.3. The van der Waals surface area contributed by atoms with Crippen LogP contribution in [0.5, 0.6) is 0 Å². The highest BCUT2D eigenvalue weighted by molar-refractivity contribution is 6.07. The van der Waals surface area contributed by atoms with Crippen LogP contribution >= 0.6 is 0 Å². The molecule has 3 aliphatic rings. The SMILES string of the molecule is CC1CN(c2cc(F)c(C3=CCN(Cc4ccc(N5CCN(C)CC5)cc4)CC3)cc2NC(=O)c2c[nH]c(=O)cc2C(F)(F)F)CC(C)N1C. The molecule has 2 aromatic carbocycles. The molecule has 3 aromatic rings. The smallest absolute Gasteiger partial charge is 0.369 e. The number of nitrogens with zero attached hydrogens (tertiary/aromatic N) is 5. The zero-order chi connectivity index (χ0) is 35.7. The number of hydrogen-bond acceptors (Lipinski definition) is 7. The molecule has 3 aliphatic heterocycles. The highest BCUT2D eigenvalue weighted by atomic mass is 19.4. The fourth-order valence-electron chi connectivity index (χ4n) is 7.09. The summed E-state index contributed by atoms with van der Waals surface area (Å²) in [7, 11) is 4.15. The largest absolute Gasteiger partial charge is 0.417 e. The molecule has 2 atom stereocenters. The summed E-state index contributed by atoms with van der Waals surface area (Å²) in [6, 6.07) is 12.2. The first-order valence-corrected chi connectivity index (χ1v) is 17.1. The van der Waals surface area contributed by atoms with Crippen molar-refractivity contribution in [2.45, 2.75) is 45.1 Å². The second-order valence-corrected chi connectivity index (χ2v) is 13.9. The predicted molar refractivity (Wildman–Crippen MR) is 189 cm³/mol. The monoisotopic (exact) mass is 695 g/mol. The number of pyridine rings is 1. The Morgan fingerprint density at radius 1 is 0.940 bits per heavy atom. The van der Waals surface area contributed by atoms with Gasteiger partial charge in [-0.25, -0.2) is 4.39 Å². The maximum Gasteiger partial charge on any atom is 0.417 e. The minimum Gasteiger partial charge on any atom is -0.369 e. The normalized spacial score (nSPS) is 21.3. The first kappa shape index (κ1) is 35.6. The van der Waals surface area contributed by atoms with E-state index in [-0.39, 0.29) is 17.8 Å². The van der Waals surface area contributed by atoms with E-state index in [1.165, 1.54) is 23.4 Å². The fourth-order valence-corrected chi connectivity index (χ4v) is 7.09. The number of carbonyl (C=O) groups excluding carboxylic acids is 1. The van der Waals surface area contributed by atoms with Crippen molar-refractivity contribution in [2.75, 3.05) is 81.6 Å². The lowest BCUT2D eigenvalue weighted by atomic mass is 9.96. The van der Waals surface area contributed by atoms with Crippen molar-refractivity contribution in [3.05, 3.63) is 93.2 Å². The Hall–Kier alpha value is -4.20.